The minimum absolute atomic E-state index is 0.379. The Morgan fingerprint density at radius 3 is 2.65 bits per heavy atom. The summed E-state index contributed by atoms with van der Waals surface area (Å²) in [6.45, 7) is 6.66. The third-order valence-electron chi connectivity index (χ3n) is 4.45. The van der Waals surface area contributed by atoms with E-state index in [4.69, 9.17) is 9.47 Å². The van der Waals surface area contributed by atoms with E-state index < -0.39 is 0 Å². The molecule has 5 nitrogen and oxygen atoms in total. The molecular formula is C18H25N3O2. The van der Waals surface area contributed by atoms with Crippen molar-refractivity contribution in [3.8, 4) is 5.75 Å². The zero-order valence-corrected chi connectivity index (χ0v) is 14.2. The van der Waals surface area contributed by atoms with E-state index in [0.717, 1.165) is 38.5 Å². The molecule has 1 aromatic carbocycles. The number of fused-ring (bicyclic) bond motifs is 1. The van der Waals surface area contributed by atoms with Gasteiger partial charge in [-0.15, -0.1) is 0 Å². The van der Waals surface area contributed by atoms with Crippen LogP contribution in [0.2, 0.25) is 0 Å². The summed E-state index contributed by atoms with van der Waals surface area (Å²) in [5.74, 6) is 1.28. The Bertz CT molecular complexity index is 636. The second kappa shape index (κ2) is 7.15. The normalized spacial score (nSPS) is 18.0. The smallest absolute Gasteiger partial charge is 0.118 e. The lowest BCUT2D eigenvalue weighted by molar-refractivity contribution is 0.132. The number of aromatic nitrogens is 2. The van der Waals surface area contributed by atoms with Crippen LogP contribution in [0.4, 0.5) is 0 Å². The summed E-state index contributed by atoms with van der Waals surface area (Å²) >= 11 is 0. The fraction of sp³-hybridized carbons (Fsp3) is 0.500. The molecule has 124 valence electrons. The quantitative estimate of drug-likeness (QED) is 0.821. The maximum absolute atomic E-state index is 5.45. The summed E-state index contributed by atoms with van der Waals surface area (Å²) in [6, 6.07) is 8.31. The van der Waals surface area contributed by atoms with Crippen molar-refractivity contribution in [3.63, 3.8) is 0 Å². The summed E-state index contributed by atoms with van der Waals surface area (Å²) in [5, 5.41) is 4.53. The van der Waals surface area contributed by atoms with Gasteiger partial charge in [-0.05, 0) is 24.6 Å². The van der Waals surface area contributed by atoms with E-state index in [2.05, 4.69) is 33.7 Å². The first-order valence-electron chi connectivity index (χ1n) is 8.14. The Morgan fingerprint density at radius 2 is 2.00 bits per heavy atom. The van der Waals surface area contributed by atoms with Gasteiger partial charge < -0.3 is 9.47 Å². The highest BCUT2D eigenvalue weighted by atomic mass is 16.5. The van der Waals surface area contributed by atoms with Gasteiger partial charge in [-0.1, -0.05) is 12.1 Å². The highest BCUT2D eigenvalue weighted by Crippen LogP contribution is 2.29. The van der Waals surface area contributed by atoms with E-state index in [0.29, 0.717) is 5.92 Å². The zero-order chi connectivity index (χ0) is 16.2. The number of ether oxygens (including phenoxy) is 2. The van der Waals surface area contributed by atoms with Crippen molar-refractivity contribution < 1.29 is 9.47 Å². The van der Waals surface area contributed by atoms with Gasteiger partial charge >= 0.3 is 0 Å². The molecule has 0 saturated carbocycles. The van der Waals surface area contributed by atoms with Crippen LogP contribution in [0, 0.1) is 0 Å². The molecule has 1 aliphatic heterocycles. The molecule has 1 atom stereocenters. The first kappa shape index (κ1) is 16.0. The molecule has 3 rings (SSSR count). The lowest BCUT2D eigenvalue weighted by Crippen LogP contribution is -2.35. The number of benzene rings is 1. The van der Waals surface area contributed by atoms with Gasteiger partial charge in [-0.2, -0.15) is 5.10 Å². The molecule has 1 aromatic heterocycles. The lowest BCUT2D eigenvalue weighted by atomic mass is 9.96. The Morgan fingerprint density at radius 1 is 1.22 bits per heavy atom. The van der Waals surface area contributed by atoms with Crippen molar-refractivity contribution in [2.24, 2.45) is 0 Å². The van der Waals surface area contributed by atoms with Crippen LogP contribution in [-0.2, 0) is 24.4 Å². The SMILES string of the molecule is CCn1ncc2c1[C@H](COC)CN(Cc1ccc(OC)cc1)C2. The molecular weight excluding hydrogens is 290 g/mol. The van der Waals surface area contributed by atoms with Crippen LogP contribution < -0.4 is 4.74 Å². The Hall–Kier alpha value is -1.85. The van der Waals surface area contributed by atoms with Crippen LogP contribution in [0.3, 0.4) is 0 Å². The largest absolute Gasteiger partial charge is 0.497 e. The van der Waals surface area contributed by atoms with E-state index >= 15 is 0 Å². The summed E-state index contributed by atoms with van der Waals surface area (Å²) in [5.41, 5.74) is 3.97. The molecule has 23 heavy (non-hydrogen) atoms. The van der Waals surface area contributed by atoms with Gasteiger partial charge in [0.2, 0.25) is 0 Å². The minimum Gasteiger partial charge on any atom is -0.497 e. The van der Waals surface area contributed by atoms with Gasteiger partial charge in [0, 0.05) is 50.5 Å². The Balaban J connectivity index is 1.76. The third kappa shape index (κ3) is 3.41. The molecule has 0 aliphatic carbocycles. The molecule has 2 aromatic rings. The fourth-order valence-electron chi connectivity index (χ4n) is 3.43. The van der Waals surface area contributed by atoms with E-state index in [1.807, 2.05) is 18.3 Å². The van der Waals surface area contributed by atoms with Crippen LogP contribution in [0.5, 0.6) is 5.75 Å². The summed E-state index contributed by atoms with van der Waals surface area (Å²) in [6.07, 6.45) is 2.02. The topological polar surface area (TPSA) is 39.5 Å². The van der Waals surface area contributed by atoms with Crippen molar-refractivity contribution in [2.45, 2.75) is 32.5 Å². The van der Waals surface area contributed by atoms with Gasteiger partial charge in [0.1, 0.15) is 5.75 Å². The minimum atomic E-state index is 0.379. The van der Waals surface area contributed by atoms with Crippen LogP contribution >= 0.6 is 0 Å². The number of aryl methyl sites for hydroxylation is 1. The Labute approximate surface area is 137 Å². The maximum Gasteiger partial charge on any atom is 0.118 e. The number of rotatable bonds is 6. The molecule has 0 fully saturated rings. The monoisotopic (exact) mass is 315 g/mol. The average Bonchev–Trinajstić information content (AvgIpc) is 2.99. The molecule has 0 spiro atoms. The third-order valence-corrected chi connectivity index (χ3v) is 4.45. The number of nitrogens with zero attached hydrogens (tertiary/aromatic N) is 3. The second-order valence-corrected chi connectivity index (χ2v) is 6.04. The van der Waals surface area contributed by atoms with Gasteiger partial charge in [0.05, 0.1) is 19.9 Å². The van der Waals surface area contributed by atoms with E-state index in [9.17, 15) is 0 Å². The molecule has 0 amide bonds. The predicted molar refractivity (Wildman–Crippen MR) is 89.6 cm³/mol. The number of hydrogen-bond donors (Lipinski definition) is 0. The van der Waals surface area contributed by atoms with Crippen LogP contribution in [-0.4, -0.2) is 42.1 Å². The molecule has 2 heterocycles. The van der Waals surface area contributed by atoms with Gasteiger partial charge in [0.25, 0.3) is 0 Å². The molecule has 0 saturated heterocycles. The maximum atomic E-state index is 5.45. The van der Waals surface area contributed by atoms with Crippen LogP contribution in [0.1, 0.15) is 29.7 Å². The zero-order valence-electron chi connectivity index (χ0n) is 14.2. The summed E-state index contributed by atoms with van der Waals surface area (Å²) in [4.78, 5) is 2.47. The van der Waals surface area contributed by atoms with Crippen molar-refractivity contribution >= 4 is 0 Å². The van der Waals surface area contributed by atoms with Gasteiger partial charge in [-0.25, -0.2) is 0 Å². The van der Waals surface area contributed by atoms with Crippen LogP contribution in [0.15, 0.2) is 30.5 Å². The standard InChI is InChI=1S/C18H25N3O2/c1-4-21-18-15(9-19-21)11-20(12-16(18)13-22-2)10-14-5-7-17(23-3)8-6-14/h5-9,16H,4,10-13H2,1-3H3/t16-/m0/s1. The first-order valence-corrected chi connectivity index (χ1v) is 8.14. The fourth-order valence-corrected chi connectivity index (χ4v) is 3.43. The van der Waals surface area contributed by atoms with Gasteiger partial charge in [-0.3, -0.25) is 9.58 Å². The first-order chi connectivity index (χ1) is 11.2. The number of hydrogen-bond acceptors (Lipinski definition) is 4. The van der Waals surface area contributed by atoms with E-state index in [1.165, 1.54) is 16.8 Å². The Kier molecular flexibility index (Phi) is 4.98. The van der Waals surface area contributed by atoms with Crippen molar-refractivity contribution in [1.29, 1.82) is 0 Å². The van der Waals surface area contributed by atoms with Crippen molar-refractivity contribution in [3.05, 3.63) is 47.3 Å². The highest BCUT2D eigenvalue weighted by Gasteiger charge is 2.29. The second-order valence-electron chi connectivity index (χ2n) is 6.04. The van der Waals surface area contributed by atoms with Crippen LogP contribution in [0.25, 0.3) is 0 Å². The molecule has 0 unspecified atom stereocenters. The molecule has 5 heteroatoms. The highest BCUT2D eigenvalue weighted by molar-refractivity contribution is 5.29. The van der Waals surface area contributed by atoms with Gasteiger partial charge in [0.15, 0.2) is 0 Å². The number of methoxy groups -OCH3 is 2. The summed E-state index contributed by atoms with van der Waals surface area (Å²) in [7, 11) is 3.47. The van der Waals surface area contributed by atoms with Crippen molar-refractivity contribution in [2.75, 3.05) is 27.4 Å². The van der Waals surface area contributed by atoms with E-state index in [1.54, 1.807) is 14.2 Å². The predicted octanol–water partition coefficient (Wildman–Crippen LogP) is 2.66. The average molecular weight is 315 g/mol. The summed E-state index contributed by atoms with van der Waals surface area (Å²) < 4.78 is 12.8. The lowest BCUT2D eigenvalue weighted by Gasteiger charge is -2.33. The molecule has 1 aliphatic rings. The van der Waals surface area contributed by atoms with E-state index in [-0.39, 0.29) is 0 Å². The molecule has 0 radical (unpaired) electrons. The van der Waals surface area contributed by atoms with Crippen molar-refractivity contribution in [1.82, 2.24) is 14.7 Å². The molecule has 0 bridgehead atoms. The molecule has 0 N–H and O–H groups in total.